The van der Waals surface area contributed by atoms with Gasteiger partial charge in [0.25, 0.3) is 0 Å². The monoisotopic (exact) mass is 247 g/mol. The molecule has 18 heavy (non-hydrogen) atoms. The van der Waals surface area contributed by atoms with Gasteiger partial charge in [0, 0.05) is 6.04 Å². The lowest BCUT2D eigenvalue weighted by molar-refractivity contribution is 0.299. The minimum Gasteiger partial charge on any atom is -0.443 e. The molecule has 2 atom stereocenters. The molecular weight excluding hydrogens is 226 g/mol. The molecule has 0 aliphatic rings. The predicted molar refractivity (Wildman–Crippen MR) is 73.2 cm³/mol. The molecule has 4 nitrogen and oxygen atoms in total. The van der Waals surface area contributed by atoms with Crippen molar-refractivity contribution < 1.29 is 4.42 Å². The van der Waals surface area contributed by atoms with Gasteiger partial charge in [-0.15, -0.1) is 0 Å². The molecule has 1 aromatic heterocycles. The second-order valence-corrected chi connectivity index (χ2v) is 4.99. The van der Waals surface area contributed by atoms with Crippen molar-refractivity contribution in [3.8, 4) is 0 Å². The van der Waals surface area contributed by atoms with E-state index in [-0.39, 0.29) is 6.04 Å². The summed E-state index contributed by atoms with van der Waals surface area (Å²) in [4.78, 5) is 4.13. The number of hydrogen-bond donors (Lipinski definition) is 2. The fourth-order valence-corrected chi connectivity index (χ4v) is 2.49. The van der Waals surface area contributed by atoms with Crippen molar-refractivity contribution in [2.24, 2.45) is 17.6 Å². The maximum atomic E-state index is 5.90. The zero-order valence-corrected chi connectivity index (χ0v) is 11.2. The molecule has 2 unspecified atom stereocenters. The van der Waals surface area contributed by atoms with Crippen LogP contribution in [0.4, 0.5) is 0 Å². The molecule has 0 fully saturated rings. The van der Waals surface area contributed by atoms with Crippen molar-refractivity contribution in [2.75, 3.05) is 13.6 Å². The number of rotatable bonds is 5. The maximum absolute atomic E-state index is 5.90. The van der Waals surface area contributed by atoms with Crippen molar-refractivity contribution in [1.82, 2.24) is 10.3 Å². The Morgan fingerprint density at radius 2 is 2.17 bits per heavy atom. The number of oxazole rings is 1. The Morgan fingerprint density at radius 1 is 1.39 bits per heavy atom. The van der Waals surface area contributed by atoms with E-state index in [2.05, 4.69) is 36.3 Å². The summed E-state index contributed by atoms with van der Waals surface area (Å²) in [5.74, 6) is 0.924. The van der Waals surface area contributed by atoms with Gasteiger partial charge in [-0.3, -0.25) is 0 Å². The first-order valence-corrected chi connectivity index (χ1v) is 6.37. The summed E-state index contributed by atoms with van der Waals surface area (Å²) < 4.78 is 5.36. The Kier molecular flexibility index (Phi) is 3.99. The highest BCUT2D eigenvalue weighted by atomic mass is 16.3. The summed E-state index contributed by atoms with van der Waals surface area (Å²) in [6.07, 6.45) is 1.48. The lowest BCUT2D eigenvalue weighted by Crippen LogP contribution is -2.33. The van der Waals surface area contributed by atoms with E-state index in [0.717, 1.165) is 11.1 Å². The van der Waals surface area contributed by atoms with E-state index in [4.69, 9.17) is 10.2 Å². The third-order valence-corrected chi connectivity index (χ3v) is 3.58. The topological polar surface area (TPSA) is 64.1 Å². The first kappa shape index (κ1) is 13.1. The van der Waals surface area contributed by atoms with Gasteiger partial charge < -0.3 is 15.5 Å². The van der Waals surface area contributed by atoms with E-state index in [0.29, 0.717) is 18.4 Å². The lowest BCUT2D eigenvalue weighted by Gasteiger charge is -2.29. The van der Waals surface area contributed by atoms with Crippen LogP contribution in [0, 0.1) is 11.8 Å². The summed E-state index contributed by atoms with van der Waals surface area (Å²) in [6.45, 7) is 5.07. The third kappa shape index (κ3) is 2.40. The van der Waals surface area contributed by atoms with Crippen LogP contribution < -0.4 is 11.1 Å². The van der Waals surface area contributed by atoms with Crippen molar-refractivity contribution in [1.29, 1.82) is 0 Å². The Bertz CT molecular complexity index is 506. The van der Waals surface area contributed by atoms with Crippen LogP contribution in [-0.2, 0) is 0 Å². The van der Waals surface area contributed by atoms with Gasteiger partial charge in [0.05, 0.1) is 0 Å². The molecule has 0 amide bonds. The number of nitrogens with two attached hydrogens (primary N) is 1. The summed E-state index contributed by atoms with van der Waals surface area (Å²) in [5, 5.41) is 3.37. The Morgan fingerprint density at radius 3 is 2.78 bits per heavy atom. The van der Waals surface area contributed by atoms with Gasteiger partial charge in [-0.1, -0.05) is 19.9 Å². The van der Waals surface area contributed by atoms with Gasteiger partial charge in [0.1, 0.15) is 5.52 Å². The predicted octanol–water partition coefficient (Wildman–Crippen LogP) is 2.32. The molecule has 4 heteroatoms. The van der Waals surface area contributed by atoms with E-state index in [9.17, 15) is 0 Å². The highest BCUT2D eigenvalue weighted by Gasteiger charge is 2.23. The van der Waals surface area contributed by atoms with Gasteiger partial charge in [0.2, 0.25) is 0 Å². The van der Waals surface area contributed by atoms with Gasteiger partial charge in [-0.2, -0.15) is 0 Å². The molecule has 0 bridgehead atoms. The largest absolute Gasteiger partial charge is 0.443 e. The smallest absolute Gasteiger partial charge is 0.181 e. The molecule has 0 saturated heterocycles. The fraction of sp³-hybridized carbons (Fsp3) is 0.500. The van der Waals surface area contributed by atoms with Gasteiger partial charge in [0.15, 0.2) is 12.0 Å². The van der Waals surface area contributed by atoms with E-state index < -0.39 is 0 Å². The third-order valence-electron chi connectivity index (χ3n) is 3.58. The van der Waals surface area contributed by atoms with Crippen molar-refractivity contribution in [3.63, 3.8) is 0 Å². The molecule has 0 spiro atoms. The minimum atomic E-state index is 0.240. The van der Waals surface area contributed by atoms with Crippen LogP contribution in [0.25, 0.3) is 11.1 Å². The number of aromatic nitrogens is 1. The van der Waals surface area contributed by atoms with Crippen molar-refractivity contribution in [3.05, 3.63) is 30.2 Å². The standard InChI is InChI=1S/C14H21N3O/c1-9(2)11(7-15)14(16-3)10-4-5-12-13(6-10)18-8-17-12/h4-6,8-9,11,14,16H,7,15H2,1-3H3. The summed E-state index contributed by atoms with van der Waals surface area (Å²) in [7, 11) is 1.97. The average molecular weight is 247 g/mol. The molecule has 0 saturated carbocycles. The van der Waals surface area contributed by atoms with Crippen LogP contribution in [0.3, 0.4) is 0 Å². The zero-order chi connectivity index (χ0) is 13.1. The SMILES string of the molecule is CNC(c1ccc2ncoc2c1)C(CN)C(C)C. The molecule has 2 aromatic rings. The number of nitrogens with zero attached hydrogens (tertiary/aromatic N) is 1. The average Bonchev–Trinajstić information content (AvgIpc) is 2.82. The summed E-state index contributed by atoms with van der Waals surface area (Å²) in [5.41, 5.74) is 8.82. The number of fused-ring (bicyclic) bond motifs is 1. The molecule has 3 N–H and O–H groups in total. The zero-order valence-electron chi connectivity index (χ0n) is 11.2. The van der Waals surface area contributed by atoms with E-state index in [1.807, 2.05) is 13.1 Å². The Labute approximate surface area is 108 Å². The van der Waals surface area contributed by atoms with Crippen LogP contribution in [0.2, 0.25) is 0 Å². The van der Waals surface area contributed by atoms with E-state index in [1.54, 1.807) is 0 Å². The molecular formula is C14H21N3O. The molecule has 2 rings (SSSR count). The highest BCUT2D eigenvalue weighted by molar-refractivity contribution is 5.72. The van der Waals surface area contributed by atoms with E-state index in [1.165, 1.54) is 12.0 Å². The van der Waals surface area contributed by atoms with Gasteiger partial charge in [-0.25, -0.2) is 4.98 Å². The summed E-state index contributed by atoms with van der Waals surface area (Å²) in [6, 6.07) is 6.38. The second kappa shape index (κ2) is 5.50. The van der Waals surface area contributed by atoms with Crippen molar-refractivity contribution in [2.45, 2.75) is 19.9 Å². The molecule has 0 radical (unpaired) electrons. The van der Waals surface area contributed by atoms with Gasteiger partial charge >= 0.3 is 0 Å². The maximum Gasteiger partial charge on any atom is 0.181 e. The summed E-state index contributed by atoms with van der Waals surface area (Å²) >= 11 is 0. The first-order chi connectivity index (χ1) is 8.67. The van der Waals surface area contributed by atoms with Crippen LogP contribution in [0.1, 0.15) is 25.5 Å². The van der Waals surface area contributed by atoms with Gasteiger partial charge in [-0.05, 0) is 43.1 Å². The highest BCUT2D eigenvalue weighted by Crippen LogP contribution is 2.29. The van der Waals surface area contributed by atoms with Crippen LogP contribution >= 0.6 is 0 Å². The fourth-order valence-electron chi connectivity index (χ4n) is 2.49. The van der Waals surface area contributed by atoms with Crippen LogP contribution in [-0.4, -0.2) is 18.6 Å². The number of hydrogen-bond acceptors (Lipinski definition) is 4. The molecule has 0 aliphatic carbocycles. The Hall–Kier alpha value is -1.39. The van der Waals surface area contributed by atoms with Crippen molar-refractivity contribution >= 4 is 11.1 Å². The second-order valence-electron chi connectivity index (χ2n) is 4.99. The minimum absolute atomic E-state index is 0.240. The Balaban J connectivity index is 2.36. The van der Waals surface area contributed by atoms with Crippen LogP contribution in [0.15, 0.2) is 29.0 Å². The number of nitrogens with one attached hydrogen (secondary N) is 1. The van der Waals surface area contributed by atoms with E-state index >= 15 is 0 Å². The lowest BCUT2D eigenvalue weighted by atomic mass is 9.84. The molecule has 0 aliphatic heterocycles. The molecule has 1 heterocycles. The van der Waals surface area contributed by atoms with Crippen LogP contribution in [0.5, 0.6) is 0 Å². The normalized spacial score (nSPS) is 15.2. The molecule has 98 valence electrons. The quantitative estimate of drug-likeness (QED) is 0.851. The number of benzene rings is 1. The first-order valence-electron chi connectivity index (χ1n) is 6.37. The molecule has 1 aromatic carbocycles.